The van der Waals surface area contributed by atoms with Crippen molar-refractivity contribution in [3.63, 3.8) is 0 Å². The third kappa shape index (κ3) is 4.31. The van der Waals surface area contributed by atoms with Crippen molar-refractivity contribution in [3.05, 3.63) is 35.9 Å². The van der Waals surface area contributed by atoms with Gasteiger partial charge in [0, 0.05) is 12.6 Å². The average molecular weight is 289 g/mol. The Morgan fingerprint density at radius 3 is 2.57 bits per heavy atom. The van der Waals surface area contributed by atoms with E-state index >= 15 is 0 Å². The van der Waals surface area contributed by atoms with Crippen LogP contribution in [0.1, 0.15) is 57.6 Å². The van der Waals surface area contributed by atoms with Crippen LogP contribution in [0, 0.1) is 11.8 Å². The van der Waals surface area contributed by atoms with E-state index in [1.807, 2.05) is 0 Å². The minimum atomic E-state index is 0.168. The largest absolute Gasteiger partial charge is 0.372 e. The SMILES string of the molecule is CCOC(c1ccccc1)C(NC)C1CCCC(CC)C1. The number of nitrogens with one attached hydrogen (secondary N) is 1. The van der Waals surface area contributed by atoms with Gasteiger partial charge in [-0.2, -0.15) is 0 Å². The lowest BCUT2D eigenvalue weighted by Crippen LogP contribution is -2.42. The van der Waals surface area contributed by atoms with Crippen LogP contribution < -0.4 is 5.32 Å². The second-order valence-electron chi connectivity index (χ2n) is 6.30. The molecule has 0 amide bonds. The molecule has 4 unspecified atom stereocenters. The first-order chi connectivity index (χ1) is 10.3. The molecule has 2 rings (SSSR count). The molecule has 21 heavy (non-hydrogen) atoms. The molecule has 2 heteroatoms. The lowest BCUT2D eigenvalue weighted by atomic mass is 9.74. The number of rotatable bonds is 7. The lowest BCUT2D eigenvalue weighted by molar-refractivity contribution is 0.00798. The maximum absolute atomic E-state index is 6.14. The van der Waals surface area contributed by atoms with Crippen LogP contribution in [0.25, 0.3) is 0 Å². The molecule has 1 aliphatic carbocycles. The van der Waals surface area contributed by atoms with Crippen LogP contribution in [0.4, 0.5) is 0 Å². The fourth-order valence-electron chi connectivity index (χ4n) is 3.89. The van der Waals surface area contributed by atoms with Crippen LogP contribution in [0.3, 0.4) is 0 Å². The van der Waals surface area contributed by atoms with Gasteiger partial charge in [0.05, 0.1) is 6.10 Å². The Morgan fingerprint density at radius 2 is 1.95 bits per heavy atom. The fourth-order valence-corrected chi connectivity index (χ4v) is 3.89. The normalized spacial score (nSPS) is 25.5. The van der Waals surface area contributed by atoms with Crippen molar-refractivity contribution in [1.29, 1.82) is 0 Å². The second-order valence-corrected chi connectivity index (χ2v) is 6.30. The minimum Gasteiger partial charge on any atom is -0.372 e. The predicted octanol–water partition coefficient (Wildman–Crippen LogP) is 4.57. The van der Waals surface area contributed by atoms with E-state index in [1.54, 1.807) is 0 Å². The number of hydrogen-bond acceptors (Lipinski definition) is 2. The zero-order chi connectivity index (χ0) is 15.1. The quantitative estimate of drug-likeness (QED) is 0.794. The molecule has 0 aromatic heterocycles. The molecule has 0 radical (unpaired) electrons. The molecule has 4 atom stereocenters. The second kappa shape index (κ2) is 8.55. The molecule has 1 N–H and O–H groups in total. The van der Waals surface area contributed by atoms with E-state index in [2.05, 4.69) is 56.5 Å². The van der Waals surface area contributed by atoms with Crippen LogP contribution in [0.15, 0.2) is 30.3 Å². The summed E-state index contributed by atoms with van der Waals surface area (Å²) < 4.78 is 6.14. The smallest absolute Gasteiger partial charge is 0.0980 e. The molecule has 118 valence electrons. The molecule has 0 heterocycles. The highest BCUT2D eigenvalue weighted by molar-refractivity contribution is 5.19. The van der Waals surface area contributed by atoms with Gasteiger partial charge in [0.1, 0.15) is 0 Å². The Balaban J connectivity index is 2.15. The van der Waals surface area contributed by atoms with E-state index in [9.17, 15) is 0 Å². The van der Waals surface area contributed by atoms with Crippen molar-refractivity contribution >= 4 is 0 Å². The van der Waals surface area contributed by atoms with Gasteiger partial charge in [-0.3, -0.25) is 0 Å². The summed E-state index contributed by atoms with van der Waals surface area (Å²) in [6.07, 6.45) is 6.94. The zero-order valence-electron chi connectivity index (χ0n) is 13.8. The number of benzene rings is 1. The lowest BCUT2D eigenvalue weighted by Gasteiger charge is -2.38. The Kier molecular flexibility index (Phi) is 6.72. The Labute approximate surface area is 130 Å². The molecule has 1 fully saturated rings. The molecule has 0 bridgehead atoms. The van der Waals surface area contributed by atoms with E-state index in [4.69, 9.17) is 4.74 Å². The van der Waals surface area contributed by atoms with Crippen LogP contribution in [0.5, 0.6) is 0 Å². The van der Waals surface area contributed by atoms with Crippen molar-refractivity contribution < 1.29 is 4.74 Å². The van der Waals surface area contributed by atoms with E-state index in [-0.39, 0.29) is 6.10 Å². The number of hydrogen-bond donors (Lipinski definition) is 1. The molecular formula is C19H31NO. The highest BCUT2D eigenvalue weighted by Crippen LogP contribution is 2.37. The molecule has 1 aromatic rings. The zero-order valence-corrected chi connectivity index (χ0v) is 13.8. The summed E-state index contributed by atoms with van der Waals surface area (Å²) in [5.41, 5.74) is 1.30. The minimum absolute atomic E-state index is 0.168. The molecule has 2 nitrogen and oxygen atoms in total. The van der Waals surface area contributed by atoms with E-state index < -0.39 is 0 Å². The van der Waals surface area contributed by atoms with Crippen molar-refractivity contribution in [1.82, 2.24) is 5.32 Å². The fraction of sp³-hybridized carbons (Fsp3) is 0.684. The summed E-state index contributed by atoms with van der Waals surface area (Å²) in [6.45, 7) is 5.19. The van der Waals surface area contributed by atoms with Crippen molar-refractivity contribution in [2.24, 2.45) is 11.8 Å². The van der Waals surface area contributed by atoms with Gasteiger partial charge >= 0.3 is 0 Å². The van der Waals surface area contributed by atoms with Gasteiger partial charge in [-0.05, 0) is 44.2 Å². The first-order valence-electron chi connectivity index (χ1n) is 8.63. The molecule has 0 saturated heterocycles. The van der Waals surface area contributed by atoms with Crippen molar-refractivity contribution in [3.8, 4) is 0 Å². The highest BCUT2D eigenvalue weighted by Gasteiger charge is 2.33. The van der Waals surface area contributed by atoms with Crippen LogP contribution in [-0.2, 0) is 4.74 Å². The van der Waals surface area contributed by atoms with Gasteiger partial charge < -0.3 is 10.1 Å². The van der Waals surface area contributed by atoms with E-state index in [0.29, 0.717) is 6.04 Å². The van der Waals surface area contributed by atoms with Crippen molar-refractivity contribution in [2.45, 2.75) is 58.1 Å². The molecule has 0 aliphatic heterocycles. The summed E-state index contributed by atoms with van der Waals surface area (Å²) in [4.78, 5) is 0. The Morgan fingerprint density at radius 1 is 1.19 bits per heavy atom. The average Bonchev–Trinajstić information content (AvgIpc) is 2.56. The number of likely N-dealkylation sites (N-methyl/N-ethyl adjacent to an activating group) is 1. The number of ether oxygens (including phenoxy) is 1. The van der Waals surface area contributed by atoms with Crippen LogP contribution in [0.2, 0.25) is 0 Å². The first-order valence-corrected chi connectivity index (χ1v) is 8.63. The molecular weight excluding hydrogens is 258 g/mol. The van der Waals surface area contributed by atoms with Crippen LogP contribution in [-0.4, -0.2) is 19.7 Å². The topological polar surface area (TPSA) is 21.3 Å². The third-order valence-corrected chi connectivity index (χ3v) is 5.04. The van der Waals surface area contributed by atoms with Gasteiger partial charge in [0.15, 0.2) is 0 Å². The van der Waals surface area contributed by atoms with Gasteiger partial charge in [0.25, 0.3) is 0 Å². The maximum atomic E-state index is 6.14. The van der Waals surface area contributed by atoms with Crippen molar-refractivity contribution in [2.75, 3.05) is 13.7 Å². The summed E-state index contributed by atoms with van der Waals surface area (Å²) in [6, 6.07) is 11.1. The van der Waals surface area contributed by atoms with Gasteiger partial charge in [-0.15, -0.1) is 0 Å². The molecule has 1 saturated carbocycles. The molecule has 1 aromatic carbocycles. The van der Waals surface area contributed by atoms with E-state index in [1.165, 1.54) is 37.7 Å². The predicted molar refractivity (Wildman–Crippen MR) is 89.4 cm³/mol. The maximum Gasteiger partial charge on any atom is 0.0980 e. The summed E-state index contributed by atoms with van der Waals surface area (Å²) in [7, 11) is 2.09. The molecule has 1 aliphatic rings. The van der Waals surface area contributed by atoms with Crippen LogP contribution >= 0.6 is 0 Å². The standard InChI is InChI=1S/C19H31NO/c1-4-15-10-9-13-17(14-15)18(20-3)19(21-5-2)16-11-7-6-8-12-16/h6-8,11-12,15,17-20H,4-5,9-10,13-14H2,1-3H3. The summed E-state index contributed by atoms with van der Waals surface area (Å²) >= 11 is 0. The Hall–Kier alpha value is -0.860. The van der Waals surface area contributed by atoms with Gasteiger partial charge in [0.2, 0.25) is 0 Å². The van der Waals surface area contributed by atoms with Gasteiger partial charge in [-0.1, -0.05) is 56.5 Å². The first kappa shape index (κ1) is 16.5. The monoisotopic (exact) mass is 289 g/mol. The van der Waals surface area contributed by atoms with Gasteiger partial charge in [-0.25, -0.2) is 0 Å². The highest BCUT2D eigenvalue weighted by atomic mass is 16.5. The van der Waals surface area contributed by atoms with E-state index in [0.717, 1.165) is 18.4 Å². The summed E-state index contributed by atoms with van der Waals surface area (Å²) in [5, 5.41) is 3.57. The summed E-state index contributed by atoms with van der Waals surface area (Å²) in [5.74, 6) is 1.63. The third-order valence-electron chi connectivity index (χ3n) is 5.04. The molecule has 0 spiro atoms. The Bertz CT molecular complexity index is 392.